The SMILES string of the molecule is O=C(O)/C(=N/OC1CCCC1)C(=O)CBr. The van der Waals surface area contributed by atoms with Gasteiger partial charge in [0.2, 0.25) is 11.5 Å². The zero-order valence-electron chi connectivity index (χ0n) is 8.11. The molecule has 1 rings (SSSR count). The zero-order chi connectivity index (χ0) is 11.3. The van der Waals surface area contributed by atoms with Crippen molar-refractivity contribution in [3.8, 4) is 0 Å². The minimum atomic E-state index is -1.35. The summed E-state index contributed by atoms with van der Waals surface area (Å²) in [4.78, 5) is 26.8. The average molecular weight is 278 g/mol. The molecule has 1 N–H and O–H groups in total. The Hall–Kier alpha value is -0.910. The molecule has 0 amide bonds. The molecule has 1 saturated carbocycles. The minimum Gasteiger partial charge on any atom is -0.476 e. The van der Waals surface area contributed by atoms with Gasteiger partial charge in [0.1, 0.15) is 6.10 Å². The number of nitrogens with zero attached hydrogens (tertiary/aromatic N) is 1. The molecule has 0 saturated heterocycles. The number of rotatable bonds is 5. The summed E-state index contributed by atoms with van der Waals surface area (Å²) in [5.74, 6) is -1.93. The van der Waals surface area contributed by atoms with E-state index in [1.807, 2.05) is 0 Å². The van der Waals surface area contributed by atoms with Crippen LogP contribution in [0.4, 0.5) is 0 Å². The van der Waals surface area contributed by atoms with Crippen molar-refractivity contribution in [3.63, 3.8) is 0 Å². The van der Waals surface area contributed by atoms with E-state index in [1.54, 1.807) is 0 Å². The van der Waals surface area contributed by atoms with Crippen LogP contribution < -0.4 is 0 Å². The smallest absolute Gasteiger partial charge is 0.361 e. The number of hydrogen-bond acceptors (Lipinski definition) is 4. The van der Waals surface area contributed by atoms with E-state index in [2.05, 4.69) is 21.1 Å². The fraction of sp³-hybridized carbons (Fsp3) is 0.667. The van der Waals surface area contributed by atoms with Crippen LogP contribution in [-0.4, -0.2) is 34.0 Å². The first kappa shape index (κ1) is 12.2. The van der Waals surface area contributed by atoms with Crippen molar-refractivity contribution in [2.75, 3.05) is 5.33 Å². The van der Waals surface area contributed by atoms with Crippen LogP contribution in [0.3, 0.4) is 0 Å². The second-order valence-electron chi connectivity index (χ2n) is 3.31. The molecule has 0 heterocycles. The summed E-state index contributed by atoms with van der Waals surface area (Å²) in [7, 11) is 0. The summed E-state index contributed by atoms with van der Waals surface area (Å²) in [6, 6.07) is 0. The normalized spacial score (nSPS) is 17.8. The highest BCUT2D eigenvalue weighted by Crippen LogP contribution is 2.21. The molecule has 0 aromatic carbocycles. The Morgan fingerprint density at radius 2 is 2.00 bits per heavy atom. The van der Waals surface area contributed by atoms with Gasteiger partial charge in [-0.1, -0.05) is 21.1 Å². The average Bonchev–Trinajstić information content (AvgIpc) is 2.70. The number of alkyl halides is 1. The Bertz CT molecular complexity index is 284. The molecule has 0 aromatic rings. The lowest BCUT2D eigenvalue weighted by molar-refractivity contribution is -0.130. The number of aliphatic carboxylic acids is 1. The molecular formula is C9H12BrNO4. The largest absolute Gasteiger partial charge is 0.476 e. The van der Waals surface area contributed by atoms with Crippen LogP contribution in [0.5, 0.6) is 0 Å². The van der Waals surface area contributed by atoms with Gasteiger partial charge in [0.25, 0.3) is 0 Å². The van der Waals surface area contributed by atoms with Gasteiger partial charge in [0.05, 0.1) is 5.33 Å². The monoisotopic (exact) mass is 277 g/mol. The lowest BCUT2D eigenvalue weighted by atomic mass is 10.3. The van der Waals surface area contributed by atoms with E-state index in [9.17, 15) is 9.59 Å². The van der Waals surface area contributed by atoms with E-state index in [4.69, 9.17) is 9.94 Å². The number of hydrogen-bond donors (Lipinski definition) is 1. The van der Waals surface area contributed by atoms with E-state index >= 15 is 0 Å². The van der Waals surface area contributed by atoms with E-state index in [0.717, 1.165) is 25.7 Å². The summed E-state index contributed by atoms with van der Waals surface area (Å²) in [6.45, 7) is 0. The van der Waals surface area contributed by atoms with Crippen LogP contribution in [0.2, 0.25) is 0 Å². The topological polar surface area (TPSA) is 76.0 Å². The van der Waals surface area contributed by atoms with Crippen LogP contribution in [0, 0.1) is 0 Å². The van der Waals surface area contributed by atoms with Crippen LogP contribution >= 0.6 is 15.9 Å². The van der Waals surface area contributed by atoms with Gasteiger partial charge in [-0.15, -0.1) is 0 Å². The maximum absolute atomic E-state index is 11.1. The summed E-state index contributed by atoms with van der Waals surface area (Å²) in [5.41, 5.74) is -0.543. The van der Waals surface area contributed by atoms with Crippen LogP contribution in [-0.2, 0) is 14.4 Å². The van der Waals surface area contributed by atoms with Crippen LogP contribution in [0.1, 0.15) is 25.7 Å². The quantitative estimate of drug-likeness (QED) is 0.356. The molecule has 6 heteroatoms. The number of Topliss-reactive ketones (excluding diaryl/α,β-unsaturated/α-hetero) is 1. The lowest BCUT2D eigenvalue weighted by Crippen LogP contribution is -2.25. The van der Waals surface area contributed by atoms with Crippen LogP contribution in [0.25, 0.3) is 0 Å². The molecule has 0 bridgehead atoms. The molecule has 0 atom stereocenters. The van der Waals surface area contributed by atoms with Crippen LogP contribution in [0.15, 0.2) is 5.16 Å². The standard InChI is InChI=1S/C9H12BrNO4/c10-5-7(12)8(9(13)14)11-15-6-3-1-2-4-6/h6H,1-5H2,(H,13,14)/b11-8+. The first-order chi connectivity index (χ1) is 7.15. The number of halogens is 1. The molecule has 0 aliphatic heterocycles. The Labute approximate surface area is 95.6 Å². The van der Waals surface area contributed by atoms with Gasteiger partial charge < -0.3 is 9.94 Å². The van der Waals surface area contributed by atoms with E-state index < -0.39 is 17.5 Å². The highest BCUT2D eigenvalue weighted by atomic mass is 79.9. The second-order valence-corrected chi connectivity index (χ2v) is 3.87. The molecule has 1 aliphatic rings. The molecule has 0 unspecified atom stereocenters. The zero-order valence-corrected chi connectivity index (χ0v) is 9.70. The van der Waals surface area contributed by atoms with Gasteiger partial charge in [0, 0.05) is 0 Å². The maximum Gasteiger partial charge on any atom is 0.361 e. The summed E-state index contributed by atoms with van der Waals surface area (Å²) >= 11 is 2.89. The van der Waals surface area contributed by atoms with E-state index in [0.29, 0.717) is 0 Å². The predicted octanol–water partition coefficient (Wildman–Crippen LogP) is 1.35. The van der Waals surface area contributed by atoms with Gasteiger partial charge in [-0.05, 0) is 25.7 Å². The number of carboxylic acid groups (broad SMARTS) is 1. The molecule has 15 heavy (non-hydrogen) atoms. The van der Waals surface area contributed by atoms with Crippen molar-refractivity contribution in [3.05, 3.63) is 0 Å². The van der Waals surface area contributed by atoms with Crippen molar-refractivity contribution in [2.45, 2.75) is 31.8 Å². The van der Waals surface area contributed by atoms with Crippen molar-refractivity contribution >= 4 is 33.4 Å². The Balaban J connectivity index is 2.58. The third-order valence-electron chi connectivity index (χ3n) is 2.18. The first-order valence-corrected chi connectivity index (χ1v) is 5.83. The molecule has 1 aliphatic carbocycles. The Kier molecular flexibility index (Phi) is 4.74. The molecule has 0 aromatic heterocycles. The minimum absolute atomic E-state index is 0.0394. The molecule has 0 radical (unpaired) electrons. The van der Waals surface area contributed by atoms with Gasteiger partial charge >= 0.3 is 5.97 Å². The third-order valence-corrected chi connectivity index (χ3v) is 2.69. The highest BCUT2D eigenvalue weighted by molar-refractivity contribution is 9.09. The summed E-state index contributed by atoms with van der Waals surface area (Å²) in [5, 5.41) is 12.0. The van der Waals surface area contributed by atoms with Crippen molar-refractivity contribution in [1.29, 1.82) is 0 Å². The first-order valence-electron chi connectivity index (χ1n) is 4.71. The van der Waals surface area contributed by atoms with Gasteiger partial charge in [-0.2, -0.15) is 0 Å². The predicted molar refractivity (Wildman–Crippen MR) is 57.2 cm³/mol. The molecule has 1 fully saturated rings. The van der Waals surface area contributed by atoms with Gasteiger partial charge in [0.15, 0.2) is 0 Å². The second kappa shape index (κ2) is 5.85. The Morgan fingerprint density at radius 1 is 1.40 bits per heavy atom. The number of carbonyl (C=O) groups is 2. The highest BCUT2D eigenvalue weighted by Gasteiger charge is 2.21. The fourth-order valence-corrected chi connectivity index (χ4v) is 1.66. The number of carboxylic acids is 1. The van der Waals surface area contributed by atoms with E-state index in [-0.39, 0.29) is 11.4 Å². The molecule has 84 valence electrons. The number of carbonyl (C=O) groups excluding carboxylic acids is 1. The maximum atomic E-state index is 11.1. The third kappa shape index (κ3) is 3.62. The Morgan fingerprint density at radius 3 is 2.47 bits per heavy atom. The number of ketones is 1. The molecular weight excluding hydrogens is 266 g/mol. The van der Waals surface area contributed by atoms with Crippen molar-refractivity contribution < 1.29 is 19.5 Å². The van der Waals surface area contributed by atoms with Gasteiger partial charge in [-0.3, -0.25) is 4.79 Å². The van der Waals surface area contributed by atoms with E-state index in [1.165, 1.54) is 0 Å². The fourth-order valence-electron chi connectivity index (χ4n) is 1.39. The number of oxime groups is 1. The lowest BCUT2D eigenvalue weighted by Gasteiger charge is -2.06. The molecule has 5 nitrogen and oxygen atoms in total. The van der Waals surface area contributed by atoms with Gasteiger partial charge in [-0.25, -0.2) is 4.79 Å². The summed E-state index contributed by atoms with van der Waals surface area (Å²) < 4.78 is 0. The van der Waals surface area contributed by atoms with Crippen molar-refractivity contribution in [2.24, 2.45) is 5.16 Å². The molecule has 0 spiro atoms. The van der Waals surface area contributed by atoms with Crippen molar-refractivity contribution in [1.82, 2.24) is 0 Å². The summed E-state index contributed by atoms with van der Waals surface area (Å²) in [6.07, 6.45) is 3.84.